The van der Waals surface area contributed by atoms with E-state index in [9.17, 15) is 19.2 Å². The van der Waals surface area contributed by atoms with Crippen molar-refractivity contribution in [3.8, 4) is 33.8 Å². The highest BCUT2D eigenvalue weighted by molar-refractivity contribution is 5.91. The Hall–Kier alpha value is -6.89. The van der Waals surface area contributed by atoms with Crippen LogP contribution in [0.25, 0.3) is 33.8 Å². The first-order valence-corrected chi connectivity index (χ1v) is 21.8. The van der Waals surface area contributed by atoms with Crippen LogP contribution < -0.4 is 10.6 Å². The number of rotatable bonds is 13. The van der Waals surface area contributed by atoms with Crippen molar-refractivity contribution >= 4 is 23.6 Å². The van der Waals surface area contributed by atoms with Gasteiger partial charge in [0.05, 0.1) is 17.9 Å². The summed E-state index contributed by atoms with van der Waals surface area (Å²) in [7, 11) is 0. The van der Waals surface area contributed by atoms with E-state index in [4.69, 9.17) is 14.5 Å². The third-order valence-electron chi connectivity index (χ3n) is 12.6. The van der Waals surface area contributed by atoms with Gasteiger partial charge in [0.2, 0.25) is 35.3 Å². The maximum atomic E-state index is 14.1. The van der Waals surface area contributed by atoms with Gasteiger partial charge in [0.15, 0.2) is 0 Å². The first kappa shape index (κ1) is 39.3. The number of imidazole rings is 1. The Morgan fingerprint density at radius 1 is 0.597 bits per heavy atom. The first-order chi connectivity index (χ1) is 30.4. The second-order valence-corrected chi connectivity index (χ2v) is 16.9. The molecule has 13 nitrogen and oxygen atoms in total. The summed E-state index contributed by atoms with van der Waals surface area (Å²) >= 11 is 0. The molecule has 2 aliphatic carbocycles. The van der Waals surface area contributed by atoms with Crippen molar-refractivity contribution < 1.29 is 23.7 Å². The van der Waals surface area contributed by atoms with E-state index in [2.05, 4.69) is 45.0 Å². The summed E-state index contributed by atoms with van der Waals surface area (Å²) in [6.07, 6.45) is 8.38. The van der Waals surface area contributed by atoms with Crippen LogP contribution in [0.2, 0.25) is 0 Å². The SMILES string of the molecule is O=C(NC(C(=O)N1CCCC1c1nc(-c2ccc(-c3ccc(-c4cnc(C5CCCN5C(=O)[C@H](NC(=O)C5CC5)c5ccccc5)[nH]4)cc3)cc2)no1)c1ccccc1)C1CC1. The number of carbonyl (C=O) groups excluding carboxylic acids is 4. The number of carbonyl (C=O) groups is 4. The van der Waals surface area contributed by atoms with Gasteiger partial charge >= 0.3 is 0 Å². The minimum absolute atomic E-state index is 0.00393. The van der Waals surface area contributed by atoms with E-state index < -0.39 is 12.1 Å². The molecule has 2 saturated heterocycles. The largest absolute Gasteiger partial charge is 0.340 e. The molecule has 0 spiro atoms. The summed E-state index contributed by atoms with van der Waals surface area (Å²) in [5.41, 5.74) is 6.20. The van der Waals surface area contributed by atoms with Crippen LogP contribution in [0.15, 0.2) is 120 Å². The fourth-order valence-electron chi connectivity index (χ4n) is 8.81. The molecular weight excluding hydrogens is 781 g/mol. The fraction of sp³-hybridized carbons (Fsp3) is 0.327. The van der Waals surface area contributed by atoms with E-state index in [0.717, 1.165) is 89.8 Å². The second kappa shape index (κ2) is 16.9. The van der Waals surface area contributed by atoms with Crippen LogP contribution in [0, 0.1) is 11.8 Å². The smallest absolute Gasteiger partial charge is 0.250 e. The summed E-state index contributed by atoms with van der Waals surface area (Å²) in [6.45, 7) is 1.14. The molecule has 4 aliphatic rings. The number of nitrogens with zero attached hydrogens (tertiary/aromatic N) is 5. The van der Waals surface area contributed by atoms with Crippen LogP contribution in [0.3, 0.4) is 0 Å². The second-order valence-electron chi connectivity index (χ2n) is 16.9. The Bertz CT molecular complexity index is 2390. The van der Waals surface area contributed by atoms with Gasteiger partial charge in [-0.25, -0.2) is 4.98 Å². The van der Waals surface area contributed by atoms with Gasteiger partial charge in [-0.1, -0.05) is 114 Å². The van der Waals surface area contributed by atoms with Crippen molar-refractivity contribution in [3.05, 3.63) is 138 Å². The van der Waals surface area contributed by atoms with Crippen molar-refractivity contribution in [2.24, 2.45) is 11.8 Å². The zero-order chi connectivity index (χ0) is 42.2. The Morgan fingerprint density at radius 2 is 1.08 bits per heavy atom. The van der Waals surface area contributed by atoms with Crippen molar-refractivity contribution in [3.63, 3.8) is 0 Å². The molecule has 4 heterocycles. The van der Waals surface area contributed by atoms with Crippen LogP contribution in [0.4, 0.5) is 0 Å². The highest BCUT2D eigenvalue weighted by Gasteiger charge is 2.41. The summed E-state index contributed by atoms with van der Waals surface area (Å²) < 4.78 is 5.79. The average molecular weight is 829 g/mol. The normalized spacial score (nSPS) is 19.5. The van der Waals surface area contributed by atoms with Gasteiger partial charge in [-0.2, -0.15) is 4.98 Å². The molecule has 10 rings (SSSR count). The van der Waals surface area contributed by atoms with Crippen LogP contribution in [0.5, 0.6) is 0 Å². The van der Waals surface area contributed by atoms with Crippen molar-refractivity contribution in [2.75, 3.05) is 13.1 Å². The first-order valence-electron chi connectivity index (χ1n) is 21.8. The molecule has 0 radical (unpaired) electrons. The number of amides is 4. The summed E-state index contributed by atoms with van der Waals surface area (Å²) in [5, 5.41) is 10.4. The van der Waals surface area contributed by atoms with Crippen LogP contribution in [-0.4, -0.2) is 66.6 Å². The van der Waals surface area contributed by atoms with E-state index >= 15 is 0 Å². The lowest BCUT2D eigenvalue weighted by molar-refractivity contribution is -0.138. The molecule has 3 unspecified atom stereocenters. The van der Waals surface area contributed by atoms with Crippen molar-refractivity contribution in [1.29, 1.82) is 0 Å². The average Bonchev–Trinajstić information content (AvgIpc) is 4.07. The maximum Gasteiger partial charge on any atom is 0.250 e. The van der Waals surface area contributed by atoms with Crippen molar-refractivity contribution in [2.45, 2.75) is 75.5 Å². The predicted molar refractivity (Wildman–Crippen MR) is 230 cm³/mol. The van der Waals surface area contributed by atoms with E-state index in [1.807, 2.05) is 96.0 Å². The van der Waals surface area contributed by atoms with Gasteiger partial charge in [-0.05, 0) is 79.2 Å². The lowest BCUT2D eigenvalue weighted by atomic mass is 10.0. The molecule has 0 bridgehead atoms. The summed E-state index contributed by atoms with van der Waals surface area (Å²) in [5.74, 6) is 1.11. The van der Waals surface area contributed by atoms with Crippen molar-refractivity contribution in [1.82, 2.24) is 40.5 Å². The highest BCUT2D eigenvalue weighted by Crippen LogP contribution is 2.38. The number of aromatic amines is 1. The van der Waals surface area contributed by atoms with Gasteiger partial charge in [0.1, 0.15) is 23.9 Å². The molecule has 4 fully saturated rings. The molecule has 2 saturated carbocycles. The number of likely N-dealkylation sites (tertiary alicyclic amines) is 2. The van der Waals surface area contributed by atoms with Gasteiger partial charge in [-0.15, -0.1) is 0 Å². The number of aromatic nitrogens is 4. The maximum absolute atomic E-state index is 14.1. The van der Waals surface area contributed by atoms with Gasteiger partial charge in [0.25, 0.3) is 0 Å². The third kappa shape index (κ3) is 8.14. The molecule has 4 atom stereocenters. The molecule has 4 amide bonds. The van der Waals surface area contributed by atoms with E-state index in [1.165, 1.54) is 0 Å². The number of hydrogen-bond acceptors (Lipinski definition) is 8. The van der Waals surface area contributed by atoms with Crippen LogP contribution in [-0.2, 0) is 19.2 Å². The summed E-state index contributed by atoms with van der Waals surface area (Å²) in [6, 6.07) is 33.0. The standard InChI is InChI=1S/C49H48N8O5/c58-45(36-23-24-36)52-41(33-9-3-1-4-10-33)48(60)56-27-7-13-39(56)44-50-29-38(51-44)32-19-15-30(16-20-32)31-17-21-35(22-18-31)43-54-47(62-55-43)40-14-8-28-57(40)49(61)42(34-11-5-2-6-12-34)53-46(59)37-25-26-37/h1-6,9-12,15-22,29,36-37,39-42H,7-8,13-14,23-28H2,(H,50,51)(H,52,58)(H,53,59)/t39?,40?,41-,42?/m1/s1. The molecule has 13 heteroatoms. The van der Waals surface area contributed by atoms with E-state index in [1.54, 1.807) is 4.90 Å². The number of nitrogens with one attached hydrogen (secondary N) is 3. The third-order valence-corrected chi connectivity index (χ3v) is 12.6. The highest BCUT2D eigenvalue weighted by atomic mass is 16.5. The minimum atomic E-state index is -0.780. The molecule has 4 aromatic carbocycles. The fourth-order valence-corrected chi connectivity index (χ4v) is 8.81. The molecule has 3 N–H and O–H groups in total. The van der Waals surface area contributed by atoms with Crippen LogP contribution in [0.1, 0.15) is 98.4 Å². The molecule has 62 heavy (non-hydrogen) atoms. The molecule has 2 aromatic heterocycles. The zero-order valence-corrected chi connectivity index (χ0v) is 34.3. The molecule has 314 valence electrons. The molecular formula is C49H48N8O5. The lowest BCUT2D eigenvalue weighted by Crippen LogP contribution is -2.43. The van der Waals surface area contributed by atoms with Gasteiger partial charge in [-0.3, -0.25) is 19.2 Å². The van der Waals surface area contributed by atoms with Gasteiger partial charge in [0, 0.05) is 30.5 Å². The van der Waals surface area contributed by atoms with Crippen LogP contribution >= 0.6 is 0 Å². The zero-order valence-electron chi connectivity index (χ0n) is 34.3. The minimum Gasteiger partial charge on any atom is -0.340 e. The quantitative estimate of drug-likeness (QED) is 0.107. The Morgan fingerprint density at radius 3 is 1.61 bits per heavy atom. The monoisotopic (exact) mass is 828 g/mol. The predicted octanol–water partition coefficient (Wildman–Crippen LogP) is 7.66. The number of hydrogen-bond donors (Lipinski definition) is 3. The van der Waals surface area contributed by atoms with E-state index in [-0.39, 0.29) is 47.5 Å². The Labute approximate surface area is 359 Å². The number of benzene rings is 4. The topological polar surface area (TPSA) is 166 Å². The number of H-pyrrole nitrogens is 1. The molecule has 6 aromatic rings. The Balaban J connectivity index is 0.797. The van der Waals surface area contributed by atoms with Gasteiger partial charge < -0.3 is 29.9 Å². The molecule has 2 aliphatic heterocycles. The summed E-state index contributed by atoms with van der Waals surface area (Å²) in [4.78, 5) is 70.4. The lowest BCUT2D eigenvalue weighted by Gasteiger charge is -2.28. The van der Waals surface area contributed by atoms with E-state index in [0.29, 0.717) is 31.2 Å². The Kier molecular flexibility index (Phi) is 10.7.